The first-order valence-electron chi connectivity index (χ1n) is 8.08. The van der Waals surface area contributed by atoms with Crippen molar-refractivity contribution in [3.05, 3.63) is 12.1 Å². The quantitative estimate of drug-likeness (QED) is 0.748. The van der Waals surface area contributed by atoms with Crippen LogP contribution in [0.25, 0.3) is 0 Å². The van der Waals surface area contributed by atoms with Gasteiger partial charge < -0.3 is 9.64 Å². The molecule has 1 unspecified atom stereocenters. The number of rotatable bonds is 7. The van der Waals surface area contributed by atoms with Gasteiger partial charge in [-0.3, -0.25) is 0 Å². The van der Waals surface area contributed by atoms with E-state index in [0.29, 0.717) is 25.4 Å². The second-order valence-corrected chi connectivity index (χ2v) is 8.12. The molecule has 0 aliphatic carbocycles. The van der Waals surface area contributed by atoms with Gasteiger partial charge >= 0.3 is 0 Å². The number of hydrogen-bond acceptors (Lipinski definition) is 6. The molecule has 2 heterocycles. The highest BCUT2D eigenvalue weighted by Gasteiger charge is 2.29. The number of anilines is 1. The fourth-order valence-corrected chi connectivity index (χ4v) is 4.21. The van der Waals surface area contributed by atoms with Gasteiger partial charge in [-0.1, -0.05) is 13.3 Å². The van der Waals surface area contributed by atoms with Crippen molar-refractivity contribution in [2.24, 2.45) is 0 Å². The normalized spacial score (nSPS) is 19.5. The summed E-state index contributed by atoms with van der Waals surface area (Å²) in [6.45, 7) is 2.97. The Morgan fingerprint density at radius 3 is 2.74 bits per heavy atom. The van der Waals surface area contributed by atoms with Gasteiger partial charge in [0, 0.05) is 26.7 Å². The molecule has 1 aliphatic rings. The van der Waals surface area contributed by atoms with Gasteiger partial charge in [0.05, 0.1) is 12.3 Å². The van der Waals surface area contributed by atoms with Crippen molar-refractivity contribution >= 4 is 15.8 Å². The van der Waals surface area contributed by atoms with Crippen molar-refractivity contribution in [2.75, 3.05) is 37.8 Å². The van der Waals surface area contributed by atoms with Crippen molar-refractivity contribution in [2.45, 2.75) is 38.7 Å². The molecule has 1 aromatic heterocycles. The van der Waals surface area contributed by atoms with Crippen molar-refractivity contribution in [1.82, 2.24) is 14.5 Å². The molecule has 1 atom stereocenters. The lowest BCUT2D eigenvalue weighted by molar-refractivity contribution is 0.123. The van der Waals surface area contributed by atoms with Gasteiger partial charge in [-0.2, -0.15) is 4.31 Å². The van der Waals surface area contributed by atoms with E-state index in [9.17, 15) is 8.42 Å². The molecule has 2 rings (SSSR count). The highest BCUT2D eigenvalue weighted by molar-refractivity contribution is 7.89. The number of aromatic nitrogens is 2. The van der Waals surface area contributed by atoms with E-state index in [1.165, 1.54) is 0 Å². The van der Waals surface area contributed by atoms with Crippen LogP contribution in [0.1, 0.15) is 32.6 Å². The zero-order valence-corrected chi connectivity index (χ0v) is 14.9. The van der Waals surface area contributed by atoms with E-state index in [1.807, 2.05) is 32.0 Å². The number of piperidine rings is 1. The average molecular weight is 342 g/mol. The molecule has 1 saturated heterocycles. The molecule has 7 nitrogen and oxygen atoms in total. The van der Waals surface area contributed by atoms with Gasteiger partial charge in [0.15, 0.2) is 5.82 Å². The maximum Gasteiger partial charge on any atom is 0.233 e. The lowest BCUT2D eigenvalue weighted by Crippen LogP contribution is -2.45. The molecule has 1 aromatic rings. The first-order chi connectivity index (χ1) is 10.9. The van der Waals surface area contributed by atoms with Crippen LogP contribution in [0.3, 0.4) is 0 Å². The maximum absolute atomic E-state index is 12.3. The lowest BCUT2D eigenvalue weighted by Gasteiger charge is -2.31. The molecule has 1 fully saturated rings. The largest absolute Gasteiger partial charge is 0.472 e. The zero-order chi connectivity index (χ0) is 16.9. The van der Waals surface area contributed by atoms with Crippen molar-refractivity contribution in [1.29, 1.82) is 0 Å². The monoisotopic (exact) mass is 342 g/mol. The van der Waals surface area contributed by atoms with E-state index in [-0.39, 0.29) is 11.9 Å². The van der Waals surface area contributed by atoms with E-state index < -0.39 is 10.0 Å². The molecule has 0 spiro atoms. The predicted octanol–water partition coefficient (Wildman–Crippen LogP) is 1.52. The summed E-state index contributed by atoms with van der Waals surface area (Å²) < 4.78 is 32.0. The summed E-state index contributed by atoms with van der Waals surface area (Å²) in [6, 6.07) is 3.60. The first-order valence-corrected chi connectivity index (χ1v) is 9.69. The zero-order valence-electron chi connectivity index (χ0n) is 14.1. The summed E-state index contributed by atoms with van der Waals surface area (Å²) >= 11 is 0. The van der Waals surface area contributed by atoms with Crippen LogP contribution in [0.5, 0.6) is 5.88 Å². The molecule has 1 aliphatic heterocycles. The molecule has 0 radical (unpaired) electrons. The first kappa shape index (κ1) is 17.9. The summed E-state index contributed by atoms with van der Waals surface area (Å²) in [6.07, 6.45) is 3.04. The van der Waals surface area contributed by atoms with Crippen molar-refractivity contribution in [3.63, 3.8) is 0 Å². The SMILES string of the molecule is CCCCS(=O)(=O)N1CCCC(Oc2ccc(N(C)C)nn2)C1. The van der Waals surface area contributed by atoms with Crippen LogP contribution >= 0.6 is 0 Å². The summed E-state index contributed by atoms with van der Waals surface area (Å²) in [7, 11) is 0.609. The van der Waals surface area contributed by atoms with Crippen LogP contribution in [0, 0.1) is 0 Å². The Kier molecular flexibility index (Phi) is 6.17. The third-order valence-corrected chi connectivity index (χ3v) is 5.78. The summed E-state index contributed by atoms with van der Waals surface area (Å²) in [5.41, 5.74) is 0. The number of ether oxygens (including phenoxy) is 1. The van der Waals surface area contributed by atoms with Crippen LogP contribution < -0.4 is 9.64 Å². The fourth-order valence-electron chi connectivity index (χ4n) is 2.49. The minimum absolute atomic E-state index is 0.167. The van der Waals surface area contributed by atoms with E-state index >= 15 is 0 Å². The highest BCUT2D eigenvalue weighted by Crippen LogP contribution is 2.20. The number of sulfonamides is 1. The Morgan fingerprint density at radius 1 is 1.35 bits per heavy atom. The second-order valence-electron chi connectivity index (χ2n) is 6.03. The molecule has 0 bridgehead atoms. The second kappa shape index (κ2) is 7.92. The predicted molar refractivity (Wildman–Crippen MR) is 90.3 cm³/mol. The molecule has 130 valence electrons. The molecule has 8 heteroatoms. The van der Waals surface area contributed by atoms with Crippen LogP contribution in [0.4, 0.5) is 5.82 Å². The number of hydrogen-bond donors (Lipinski definition) is 0. The van der Waals surface area contributed by atoms with Crippen LogP contribution in [-0.4, -0.2) is 62.0 Å². The Morgan fingerprint density at radius 2 is 2.13 bits per heavy atom. The Balaban J connectivity index is 1.96. The van der Waals surface area contributed by atoms with Crippen LogP contribution in [-0.2, 0) is 10.0 Å². The summed E-state index contributed by atoms with van der Waals surface area (Å²) in [5, 5.41) is 8.12. The Hall–Kier alpha value is -1.41. The van der Waals surface area contributed by atoms with Gasteiger partial charge in [0.25, 0.3) is 0 Å². The van der Waals surface area contributed by atoms with Crippen LogP contribution in [0.2, 0.25) is 0 Å². The smallest absolute Gasteiger partial charge is 0.233 e. The standard InChI is InChI=1S/C15H26N4O3S/c1-4-5-11-23(20,21)19-10-6-7-13(12-19)22-15-9-8-14(16-17-15)18(2)3/h8-9,13H,4-7,10-12H2,1-3H3. The van der Waals surface area contributed by atoms with Crippen molar-refractivity contribution in [3.8, 4) is 5.88 Å². The summed E-state index contributed by atoms with van der Waals surface area (Å²) in [4.78, 5) is 1.86. The highest BCUT2D eigenvalue weighted by atomic mass is 32.2. The van der Waals surface area contributed by atoms with E-state index in [2.05, 4.69) is 10.2 Å². The molecule has 0 saturated carbocycles. The Bertz CT molecular complexity index is 589. The maximum atomic E-state index is 12.3. The van der Waals surface area contributed by atoms with Gasteiger partial charge in [-0.25, -0.2) is 8.42 Å². The summed E-state index contributed by atoms with van der Waals surface area (Å²) in [5.74, 6) is 1.41. The van der Waals surface area contributed by atoms with Gasteiger partial charge in [-0.15, -0.1) is 10.2 Å². The van der Waals surface area contributed by atoms with Gasteiger partial charge in [0.2, 0.25) is 15.9 Å². The molecular formula is C15H26N4O3S. The van der Waals surface area contributed by atoms with Gasteiger partial charge in [-0.05, 0) is 25.3 Å². The molecule has 0 N–H and O–H groups in total. The van der Waals surface area contributed by atoms with E-state index in [4.69, 9.17) is 4.74 Å². The number of unbranched alkanes of at least 4 members (excludes halogenated alkanes) is 1. The fraction of sp³-hybridized carbons (Fsp3) is 0.733. The molecule has 23 heavy (non-hydrogen) atoms. The molecular weight excluding hydrogens is 316 g/mol. The third-order valence-electron chi connectivity index (χ3n) is 3.86. The minimum atomic E-state index is -3.18. The Labute approximate surface area is 138 Å². The van der Waals surface area contributed by atoms with Crippen LogP contribution in [0.15, 0.2) is 12.1 Å². The average Bonchev–Trinajstić information content (AvgIpc) is 2.54. The van der Waals surface area contributed by atoms with Crippen molar-refractivity contribution < 1.29 is 13.2 Å². The van der Waals surface area contributed by atoms with Gasteiger partial charge in [0.1, 0.15) is 6.10 Å². The lowest BCUT2D eigenvalue weighted by atomic mass is 10.1. The van der Waals surface area contributed by atoms with E-state index in [1.54, 1.807) is 10.4 Å². The topological polar surface area (TPSA) is 75.6 Å². The minimum Gasteiger partial charge on any atom is -0.472 e. The third kappa shape index (κ3) is 5.04. The van der Waals surface area contributed by atoms with E-state index in [0.717, 1.165) is 25.1 Å². The number of nitrogens with zero attached hydrogens (tertiary/aromatic N) is 4. The molecule has 0 amide bonds. The molecule has 0 aromatic carbocycles.